The van der Waals surface area contributed by atoms with Gasteiger partial charge in [-0.3, -0.25) is 37.3 Å². The predicted molar refractivity (Wildman–Crippen MR) is 442 cm³/mol. The van der Waals surface area contributed by atoms with Crippen molar-refractivity contribution in [1.82, 2.24) is 0 Å². The lowest BCUT2D eigenvalue weighted by Crippen LogP contribution is -2.30. The van der Waals surface area contributed by atoms with Crippen molar-refractivity contribution in [1.29, 1.82) is 0 Å². The molecule has 0 aromatic carbocycles. The van der Waals surface area contributed by atoms with Crippen molar-refractivity contribution in [3.63, 3.8) is 0 Å². The monoisotopic (exact) mass is 1560 g/mol. The van der Waals surface area contributed by atoms with Crippen LogP contribution in [0.1, 0.15) is 484 Å². The Hall–Kier alpha value is -1.94. The number of rotatable bonds is 89. The highest BCUT2D eigenvalue weighted by Crippen LogP contribution is 2.45. The van der Waals surface area contributed by atoms with E-state index in [4.69, 9.17) is 37.0 Å². The summed E-state index contributed by atoms with van der Waals surface area (Å²) >= 11 is 0. The zero-order valence-corrected chi connectivity index (χ0v) is 71.9. The lowest BCUT2D eigenvalue weighted by atomic mass is 10.0. The van der Waals surface area contributed by atoms with E-state index >= 15 is 0 Å². The first kappa shape index (κ1) is 105. The zero-order valence-electron chi connectivity index (χ0n) is 70.1. The van der Waals surface area contributed by atoms with Gasteiger partial charge in [-0.15, -0.1) is 0 Å². The molecule has 0 saturated carbocycles. The average molecular weight is 1560 g/mol. The van der Waals surface area contributed by atoms with E-state index in [1.807, 2.05) is 0 Å². The standard InChI is InChI=1S/C88H172O17P2/c1-5-9-13-17-21-25-29-32-35-37-39-41-43-45-48-51-55-59-63-67-71-75-88(93)105-84(79-99-86(91)73-69-65-61-57-53-49-47-44-42-40-38-36-33-30-26-22-18-14-10-6-2)81-103-107(96,97)101-77-82(89)76-100-106(94,95)102-80-83(78-98-85(90)72-68-64-60-56-52-28-24-20-16-12-8-4)104-87(92)74-70-66-62-58-54-50-46-34-31-27-23-19-15-11-7-3/h82-84,89H,5-81H2,1-4H3,(H,94,95)(H,96,97)/t82-,83+,84+/m0/s1. The van der Waals surface area contributed by atoms with Crippen LogP contribution in [0.25, 0.3) is 0 Å². The number of unbranched alkanes of at least 4 members (excludes halogenated alkanes) is 63. The summed E-state index contributed by atoms with van der Waals surface area (Å²) in [5.74, 6) is -2.09. The van der Waals surface area contributed by atoms with E-state index in [-0.39, 0.29) is 25.7 Å². The van der Waals surface area contributed by atoms with Crippen molar-refractivity contribution in [3.05, 3.63) is 0 Å². The minimum atomic E-state index is -4.97. The van der Waals surface area contributed by atoms with Crippen LogP contribution in [0.2, 0.25) is 0 Å². The fourth-order valence-electron chi connectivity index (χ4n) is 13.9. The zero-order chi connectivity index (χ0) is 78.1. The van der Waals surface area contributed by atoms with Gasteiger partial charge in [-0.2, -0.15) is 0 Å². The van der Waals surface area contributed by atoms with Crippen molar-refractivity contribution in [3.8, 4) is 0 Å². The van der Waals surface area contributed by atoms with Gasteiger partial charge in [-0.25, -0.2) is 9.13 Å². The van der Waals surface area contributed by atoms with Crippen LogP contribution in [0.3, 0.4) is 0 Å². The van der Waals surface area contributed by atoms with Crippen molar-refractivity contribution >= 4 is 39.5 Å². The summed E-state index contributed by atoms with van der Waals surface area (Å²) in [6, 6.07) is 0. The van der Waals surface area contributed by atoms with E-state index in [2.05, 4.69) is 27.7 Å². The summed E-state index contributed by atoms with van der Waals surface area (Å²) in [5.41, 5.74) is 0. The molecule has 17 nitrogen and oxygen atoms in total. The van der Waals surface area contributed by atoms with E-state index in [1.54, 1.807) is 0 Å². The molecule has 0 aromatic heterocycles. The molecule has 19 heteroatoms. The van der Waals surface area contributed by atoms with Gasteiger partial charge in [0.2, 0.25) is 0 Å². The molecule has 0 amide bonds. The number of carbonyl (C=O) groups excluding carboxylic acids is 4. The van der Waals surface area contributed by atoms with Crippen LogP contribution in [0, 0.1) is 0 Å². The van der Waals surface area contributed by atoms with Gasteiger partial charge in [0.05, 0.1) is 26.4 Å². The van der Waals surface area contributed by atoms with Gasteiger partial charge < -0.3 is 33.8 Å². The molecule has 0 bridgehead atoms. The Morgan fingerprint density at radius 2 is 0.374 bits per heavy atom. The van der Waals surface area contributed by atoms with Crippen LogP contribution in [-0.2, 0) is 65.4 Å². The maximum absolute atomic E-state index is 13.2. The summed E-state index contributed by atoms with van der Waals surface area (Å²) < 4.78 is 69.0. The Labute approximate surface area is 658 Å². The van der Waals surface area contributed by atoms with E-state index in [0.29, 0.717) is 25.7 Å². The summed E-state index contributed by atoms with van der Waals surface area (Å²) in [7, 11) is -9.93. The highest BCUT2D eigenvalue weighted by molar-refractivity contribution is 7.47. The fraction of sp³-hybridized carbons (Fsp3) is 0.955. The molecule has 5 atom stereocenters. The summed E-state index contributed by atoms with van der Waals surface area (Å²) in [6.07, 6.45) is 77.8. The minimum Gasteiger partial charge on any atom is -0.462 e. The number of phosphoric ester groups is 2. The molecular formula is C88H172O17P2. The Morgan fingerprint density at radius 3 is 0.551 bits per heavy atom. The molecule has 0 heterocycles. The second kappa shape index (κ2) is 82.1. The Kier molecular flexibility index (Phi) is 80.6. The predicted octanol–water partition coefficient (Wildman–Crippen LogP) is 27.3. The lowest BCUT2D eigenvalue weighted by Gasteiger charge is -2.21. The Bertz CT molecular complexity index is 2020. The minimum absolute atomic E-state index is 0.109. The first-order valence-electron chi connectivity index (χ1n) is 45.8. The topological polar surface area (TPSA) is 237 Å². The number of esters is 4. The van der Waals surface area contributed by atoms with Crippen molar-refractivity contribution in [2.75, 3.05) is 39.6 Å². The molecule has 0 aliphatic carbocycles. The second-order valence-corrected chi connectivity index (χ2v) is 34.5. The Morgan fingerprint density at radius 1 is 0.224 bits per heavy atom. The van der Waals surface area contributed by atoms with Gasteiger partial charge in [0.25, 0.3) is 0 Å². The van der Waals surface area contributed by atoms with Crippen molar-refractivity contribution in [2.45, 2.75) is 502 Å². The van der Waals surface area contributed by atoms with Crippen molar-refractivity contribution in [2.24, 2.45) is 0 Å². The average Bonchev–Trinajstić information content (AvgIpc) is 0.901. The molecule has 0 radical (unpaired) electrons. The number of hydrogen-bond donors (Lipinski definition) is 3. The molecule has 636 valence electrons. The van der Waals surface area contributed by atoms with Gasteiger partial charge in [-0.05, 0) is 25.7 Å². The van der Waals surface area contributed by atoms with E-state index in [0.717, 1.165) is 89.9 Å². The van der Waals surface area contributed by atoms with E-state index < -0.39 is 97.5 Å². The van der Waals surface area contributed by atoms with Crippen LogP contribution in [-0.4, -0.2) is 96.7 Å². The first-order valence-corrected chi connectivity index (χ1v) is 48.8. The van der Waals surface area contributed by atoms with Crippen LogP contribution in [0.15, 0.2) is 0 Å². The second-order valence-electron chi connectivity index (χ2n) is 31.6. The molecule has 0 fully saturated rings. The summed E-state index contributed by atoms with van der Waals surface area (Å²) in [6.45, 7) is 5.07. The van der Waals surface area contributed by atoms with Gasteiger partial charge in [0.15, 0.2) is 12.2 Å². The molecule has 0 rings (SSSR count). The van der Waals surface area contributed by atoms with E-state index in [9.17, 15) is 43.2 Å². The molecule has 107 heavy (non-hydrogen) atoms. The van der Waals surface area contributed by atoms with Crippen LogP contribution in [0.5, 0.6) is 0 Å². The molecule has 0 aliphatic rings. The van der Waals surface area contributed by atoms with Crippen LogP contribution >= 0.6 is 15.6 Å². The maximum Gasteiger partial charge on any atom is 0.472 e. The highest BCUT2D eigenvalue weighted by atomic mass is 31.2. The number of phosphoric acid groups is 2. The summed E-state index contributed by atoms with van der Waals surface area (Å²) in [4.78, 5) is 73.3. The normalized spacial score (nSPS) is 13.7. The summed E-state index contributed by atoms with van der Waals surface area (Å²) in [5, 5.41) is 10.7. The molecule has 2 unspecified atom stereocenters. The molecule has 0 spiro atoms. The third-order valence-electron chi connectivity index (χ3n) is 20.9. The van der Waals surface area contributed by atoms with Gasteiger partial charge >= 0.3 is 39.5 Å². The lowest BCUT2D eigenvalue weighted by molar-refractivity contribution is -0.161. The van der Waals surface area contributed by atoms with Gasteiger partial charge in [0, 0.05) is 25.7 Å². The highest BCUT2D eigenvalue weighted by Gasteiger charge is 2.30. The number of aliphatic hydroxyl groups is 1. The van der Waals surface area contributed by atoms with Crippen LogP contribution in [0.4, 0.5) is 0 Å². The van der Waals surface area contributed by atoms with Crippen LogP contribution < -0.4 is 0 Å². The third-order valence-corrected chi connectivity index (χ3v) is 22.8. The fourth-order valence-corrected chi connectivity index (χ4v) is 15.5. The molecule has 3 N–H and O–H groups in total. The SMILES string of the molecule is CCCCCCCCCCCCCCCCCCCCCCCC(=O)O[C@H](COC(=O)CCCCCCCCCCCCCCCCCCCCCC)COP(=O)(O)OC[C@@H](O)COP(=O)(O)OC[C@@H](COC(=O)CCCCCCCCCCCCC)OC(=O)CCCCCCCCCCCCCCCCC. The Balaban J connectivity index is 5.22. The van der Waals surface area contributed by atoms with Gasteiger partial charge in [-0.1, -0.05) is 432 Å². The molecule has 0 aromatic rings. The number of carbonyl (C=O) groups is 4. The molecule has 0 aliphatic heterocycles. The van der Waals surface area contributed by atoms with Crippen molar-refractivity contribution < 1.29 is 80.2 Å². The number of ether oxygens (including phenoxy) is 4. The quantitative estimate of drug-likeness (QED) is 0.0222. The number of hydrogen-bond acceptors (Lipinski definition) is 15. The third kappa shape index (κ3) is 81.9. The number of aliphatic hydroxyl groups excluding tert-OH is 1. The first-order chi connectivity index (χ1) is 52.2. The molecular weight excluding hydrogens is 1390 g/mol. The smallest absolute Gasteiger partial charge is 0.462 e. The maximum atomic E-state index is 13.2. The van der Waals surface area contributed by atoms with Gasteiger partial charge in [0.1, 0.15) is 19.3 Å². The largest absolute Gasteiger partial charge is 0.472 e. The van der Waals surface area contributed by atoms with E-state index in [1.165, 1.54) is 315 Å². The molecule has 0 saturated heterocycles.